The lowest BCUT2D eigenvalue weighted by atomic mass is 9.97. The minimum absolute atomic E-state index is 0.0214. The second-order valence-corrected chi connectivity index (χ2v) is 6.48. The Morgan fingerprint density at radius 1 is 1.36 bits per heavy atom. The van der Waals surface area contributed by atoms with Gasteiger partial charge < -0.3 is 15.0 Å². The van der Waals surface area contributed by atoms with Crippen LogP contribution >= 0.6 is 0 Å². The predicted molar refractivity (Wildman–Crippen MR) is 87.5 cm³/mol. The molecular formula is C17H18FN5O2. The Labute approximate surface area is 144 Å². The zero-order chi connectivity index (χ0) is 17.3. The van der Waals surface area contributed by atoms with Crippen LogP contribution in [-0.4, -0.2) is 57.1 Å². The number of aromatic nitrogens is 3. The average Bonchev–Trinajstić information content (AvgIpc) is 3.24. The average molecular weight is 343 g/mol. The molecule has 2 saturated heterocycles. The van der Waals surface area contributed by atoms with Gasteiger partial charge in [0.15, 0.2) is 5.82 Å². The third-order valence-electron chi connectivity index (χ3n) is 4.67. The molecule has 1 amide bonds. The van der Waals surface area contributed by atoms with Crippen molar-refractivity contribution in [3.63, 3.8) is 0 Å². The standard InChI is InChI=1S/C17H18FN5O2/c18-13-8-20-16(21-9-13)22-14-6-17(25-10-14)3-5-23(11-17)15(24)12-2-1-4-19-7-12/h1-2,4,7-9,14H,3,5-6,10-11H2,(H,20,21,22)/t14-,17+/m1/s1. The second kappa shape index (κ2) is 6.36. The SMILES string of the molecule is O=C(c1cccnc1)N1CC[C@]2(C[C@@H](Nc3ncc(F)cn3)CO2)C1. The first-order valence-electron chi connectivity index (χ1n) is 8.21. The van der Waals surface area contributed by atoms with Crippen molar-refractivity contribution in [3.05, 3.63) is 48.3 Å². The summed E-state index contributed by atoms with van der Waals surface area (Å²) in [5.41, 5.74) is 0.252. The second-order valence-electron chi connectivity index (χ2n) is 6.48. The van der Waals surface area contributed by atoms with Crippen LogP contribution in [0.3, 0.4) is 0 Å². The number of hydrogen-bond donors (Lipinski definition) is 1. The van der Waals surface area contributed by atoms with Crippen LogP contribution in [0.2, 0.25) is 0 Å². The number of hydrogen-bond acceptors (Lipinski definition) is 6. The van der Waals surface area contributed by atoms with Crippen LogP contribution in [0.1, 0.15) is 23.2 Å². The number of likely N-dealkylation sites (tertiary alicyclic amines) is 1. The molecule has 0 bridgehead atoms. The number of pyridine rings is 1. The van der Waals surface area contributed by atoms with Gasteiger partial charge in [0.1, 0.15) is 0 Å². The number of nitrogens with one attached hydrogen (secondary N) is 1. The summed E-state index contributed by atoms with van der Waals surface area (Å²) in [7, 11) is 0. The molecule has 2 fully saturated rings. The quantitative estimate of drug-likeness (QED) is 0.910. The molecule has 2 atom stereocenters. The van der Waals surface area contributed by atoms with Gasteiger partial charge in [-0.1, -0.05) is 0 Å². The zero-order valence-corrected chi connectivity index (χ0v) is 13.6. The summed E-state index contributed by atoms with van der Waals surface area (Å²) in [6, 6.07) is 3.57. The van der Waals surface area contributed by atoms with Gasteiger partial charge in [-0.05, 0) is 18.6 Å². The molecule has 25 heavy (non-hydrogen) atoms. The third-order valence-corrected chi connectivity index (χ3v) is 4.67. The van der Waals surface area contributed by atoms with Gasteiger partial charge in [0, 0.05) is 25.4 Å². The maximum Gasteiger partial charge on any atom is 0.255 e. The van der Waals surface area contributed by atoms with E-state index in [1.165, 1.54) is 0 Å². The first kappa shape index (κ1) is 15.9. The largest absolute Gasteiger partial charge is 0.371 e. The van der Waals surface area contributed by atoms with Gasteiger partial charge in [-0.15, -0.1) is 0 Å². The van der Waals surface area contributed by atoms with Crippen LogP contribution in [0.4, 0.5) is 10.3 Å². The highest BCUT2D eigenvalue weighted by Crippen LogP contribution is 2.36. The molecule has 4 heterocycles. The number of carbonyl (C=O) groups is 1. The minimum Gasteiger partial charge on any atom is -0.371 e. The first-order valence-corrected chi connectivity index (χ1v) is 8.21. The maximum atomic E-state index is 12.9. The highest BCUT2D eigenvalue weighted by Gasteiger charge is 2.47. The topological polar surface area (TPSA) is 80.2 Å². The molecule has 1 spiro atoms. The van der Waals surface area contributed by atoms with Crippen LogP contribution in [0.5, 0.6) is 0 Å². The molecule has 0 aliphatic carbocycles. The van der Waals surface area contributed by atoms with Crippen molar-refractivity contribution in [3.8, 4) is 0 Å². The minimum atomic E-state index is -0.468. The van der Waals surface area contributed by atoms with Crippen LogP contribution in [0.25, 0.3) is 0 Å². The third kappa shape index (κ3) is 3.30. The summed E-state index contributed by atoms with van der Waals surface area (Å²) in [5.74, 6) is -0.106. The fourth-order valence-electron chi connectivity index (χ4n) is 3.48. The van der Waals surface area contributed by atoms with Crippen molar-refractivity contribution in [2.45, 2.75) is 24.5 Å². The van der Waals surface area contributed by atoms with E-state index in [2.05, 4.69) is 20.3 Å². The van der Waals surface area contributed by atoms with E-state index in [0.29, 0.717) is 31.2 Å². The predicted octanol–water partition coefficient (Wildman–Crippen LogP) is 1.50. The Morgan fingerprint density at radius 3 is 2.96 bits per heavy atom. The molecule has 0 saturated carbocycles. The van der Waals surface area contributed by atoms with E-state index in [1.807, 2.05) is 4.90 Å². The van der Waals surface area contributed by atoms with Crippen LogP contribution in [0, 0.1) is 5.82 Å². The number of ether oxygens (including phenoxy) is 1. The molecule has 7 nitrogen and oxygen atoms in total. The first-order chi connectivity index (χ1) is 12.1. The molecule has 8 heteroatoms. The number of nitrogens with zero attached hydrogens (tertiary/aromatic N) is 4. The number of rotatable bonds is 3. The molecule has 2 aliphatic rings. The highest BCUT2D eigenvalue weighted by atomic mass is 19.1. The lowest BCUT2D eigenvalue weighted by molar-refractivity contribution is 0.0125. The van der Waals surface area contributed by atoms with Crippen molar-refractivity contribution in [1.82, 2.24) is 19.9 Å². The molecule has 0 radical (unpaired) electrons. The zero-order valence-electron chi connectivity index (χ0n) is 13.6. The molecule has 2 aromatic heterocycles. The summed E-state index contributed by atoms with van der Waals surface area (Å²) in [4.78, 5) is 26.2. The van der Waals surface area contributed by atoms with E-state index in [0.717, 1.165) is 25.2 Å². The summed E-state index contributed by atoms with van der Waals surface area (Å²) >= 11 is 0. The molecule has 130 valence electrons. The Bertz CT molecular complexity index is 757. The van der Waals surface area contributed by atoms with E-state index in [9.17, 15) is 9.18 Å². The Morgan fingerprint density at radius 2 is 2.20 bits per heavy atom. The van der Waals surface area contributed by atoms with E-state index < -0.39 is 5.82 Å². The molecule has 4 rings (SSSR count). The number of carbonyl (C=O) groups excluding carboxylic acids is 1. The molecule has 0 aromatic carbocycles. The van der Waals surface area contributed by atoms with E-state index >= 15 is 0 Å². The lowest BCUT2D eigenvalue weighted by Crippen LogP contribution is -2.36. The van der Waals surface area contributed by atoms with Gasteiger partial charge in [0.2, 0.25) is 5.95 Å². The van der Waals surface area contributed by atoms with Gasteiger partial charge in [0.25, 0.3) is 5.91 Å². The summed E-state index contributed by atoms with van der Waals surface area (Å²) in [5, 5.41) is 3.17. The van der Waals surface area contributed by atoms with Gasteiger partial charge in [-0.25, -0.2) is 14.4 Å². The lowest BCUT2D eigenvalue weighted by Gasteiger charge is -2.23. The molecule has 1 N–H and O–H groups in total. The molecule has 2 aromatic rings. The van der Waals surface area contributed by atoms with Crippen LogP contribution in [0.15, 0.2) is 36.9 Å². The van der Waals surface area contributed by atoms with E-state index in [-0.39, 0.29) is 17.6 Å². The van der Waals surface area contributed by atoms with Gasteiger partial charge in [-0.3, -0.25) is 9.78 Å². The number of halogens is 1. The van der Waals surface area contributed by atoms with Gasteiger partial charge in [-0.2, -0.15) is 0 Å². The van der Waals surface area contributed by atoms with Crippen LogP contribution in [-0.2, 0) is 4.74 Å². The Balaban J connectivity index is 1.38. The smallest absolute Gasteiger partial charge is 0.255 e. The number of anilines is 1. The molecular weight excluding hydrogens is 325 g/mol. The monoisotopic (exact) mass is 343 g/mol. The summed E-state index contributed by atoms with van der Waals surface area (Å²) < 4.78 is 18.9. The van der Waals surface area contributed by atoms with Crippen LogP contribution < -0.4 is 5.32 Å². The van der Waals surface area contributed by atoms with E-state index in [4.69, 9.17) is 4.74 Å². The Kier molecular flexibility index (Phi) is 4.04. The molecule has 0 unspecified atom stereocenters. The van der Waals surface area contributed by atoms with E-state index in [1.54, 1.807) is 24.5 Å². The summed E-state index contributed by atoms with van der Waals surface area (Å²) in [6.07, 6.45) is 7.04. The van der Waals surface area contributed by atoms with Crippen molar-refractivity contribution in [2.75, 3.05) is 25.0 Å². The van der Waals surface area contributed by atoms with Crippen molar-refractivity contribution in [1.29, 1.82) is 0 Å². The number of amides is 1. The van der Waals surface area contributed by atoms with Crippen molar-refractivity contribution < 1.29 is 13.9 Å². The maximum absolute atomic E-state index is 12.9. The molecule has 2 aliphatic heterocycles. The van der Waals surface area contributed by atoms with Gasteiger partial charge >= 0.3 is 0 Å². The van der Waals surface area contributed by atoms with Crippen molar-refractivity contribution in [2.24, 2.45) is 0 Å². The van der Waals surface area contributed by atoms with Crippen molar-refractivity contribution >= 4 is 11.9 Å². The fourth-order valence-corrected chi connectivity index (χ4v) is 3.48. The summed E-state index contributed by atoms with van der Waals surface area (Å²) in [6.45, 7) is 1.73. The Hall–Kier alpha value is -2.61. The fraction of sp³-hybridized carbons (Fsp3) is 0.412. The van der Waals surface area contributed by atoms with Gasteiger partial charge in [0.05, 0.1) is 42.8 Å². The highest BCUT2D eigenvalue weighted by molar-refractivity contribution is 5.94. The normalized spacial score (nSPS) is 25.5.